The molecule has 7 heteroatoms. The molecule has 1 atom stereocenters. The minimum atomic E-state index is -0.468. The Balaban J connectivity index is 2.19. The molecule has 0 spiro atoms. The maximum absolute atomic E-state index is 13.6. The Morgan fingerprint density at radius 1 is 1.60 bits per heavy atom. The van der Waals surface area contributed by atoms with Crippen LogP contribution in [-0.2, 0) is 0 Å². The summed E-state index contributed by atoms with van der Waals surface area (Å²) < 4.78 is 13.9. The van der Waals surface area contributed by atoms with E-state index in [0.717, 1.165) is 32.5 Å². The highest BCUT2D eigenvalue weighted by atomic mass is 127. The lowest BCUT2D eigenvalue weighted by Crippen LogP contribution is -2.41. The van der Waals surface area contributed by atoms with Gasteiger partial charge in [0.05, 0.1) is 8.49 Å². The van der Waals surface area contributed by atoms with Crippen LogP contribution < -0.4 is 5.32 Å². The summed E-state index contributed by atoms with van der Waals surface area (Å²) in [4.78, 5) is 12.9. The third-order valence-electron chi connectivity index (χ3n) is 3.55. The van der Waals surface area contributed by atoms with Gasteiger partial charge in [0.1, 0.15) is 11.5 Å². The average molecular weight is 393 g/mol. The van der Waals surface area contributed by atoms with Crippen LogP contribution in [0.25, 0.3) is 0 Å². The van der Waals surface area contributed by atoms with Gasteiger partial charge in [-0.3, -0.25) is 10.1 Å². The second-order valence-electron chi connectivity index (χ2n) is 4.92. The van der Waals surface area contributed by atoms with Gasteiger partial charge in [0.15, 0.2) is 0 Å². The lowest BCUT2D eigenvalue weighted by atomic mass is 10.1. The predicted octanol–water partition coefficient (Wildman–Crippen LogP) is 3.23. The van der Waals surface area contributed by atoms with E-state index in [1.807, 2.05) is 0 Å². The van der Waals surface area contributed by atoms with Crippen molar-refractivity contribution in [3.8, 4) is 0 Å². The van der Waals surface area contributed by atoms with Crippen LogP contribution in [0.15, 0.2) is 12.1 Å². The minimum Gasteiger partial charge on any atom is -0.375 e. The van der Waals surface area contributed by atoms with E-state index < -0.39 is 10.7 Å². The predicted molar refractivity (Wildman–Crippen MR) is 84.5 cm³/mol. The number of likely N-dealkylation sites (tertiary alicyclic amines) is 1. The number of likely N-dealkylation sites (N-methyl/N-ethyl adjacent to an activating group) is 1. The minimum absolute atomic E-state index is 0.0654. The molecule has 20 heavy (non-hydrogen) atoms. The van der Waals surface area contributed by atoms with Gasteiger partial charge < -0.3 is 10.2 Å². The molecule has 0 saturated carbocycles. The van der Waals surface area contributed by atoms with Gasteiger partial charge in [0.25, 0.3) is 5.69 Å². The highest BCUT2D eigenvalue weighted by Crippen LogP contribution is 2.30. The molecule has 1 aromatic rings. The Kier molecular flexibility index (Phi) is 5.14. The molecule has 1 aromatic carbocycles. The van der Waals surface area contributed by atoms with Crippen molar-refractivity contribution in [2.24, 2.45) is 0 Å². The molecule has 1 aliphatic rings. The number of rotatable bonds is 4. The van der Waals surface area contributed by atoms with Gasteiger partial charge in [0.2, 0.25) is 0 Å². The first kappa shape index (κ1) is 15.4. The summed E-state index contributed by atoms with van der Waals surface area (Å²) in [6.07, 6.45) is 1.99. The molecule has 1 N–H and O–H groups in total. The van der Waals surface area contributed by atoms with Crippen molar-refractivity contribution in [3.05, 3.63) is 31.6 Å². The first-order valence-electron chi connectivity index (χ1n) is 6.63. The third kappa shape index (κ3) is 3.57. The van der Waals surface area contributed by atoms with Crippen LogP contribution in [0.5, 0.6) is 0 Å². The average Bonchev–Trinajstić information content (AvgIpc) is 2.42. The molecule has 1 fully saturated rings. The summed E-state index contributed by atoms with van der Waals surface area (Å²) in [5.41, 5.74) is 0.209. The van der Waals surface area contributed by atoms with Crippen molar-refractivity contribution < 1.29 is 9.31 Å². The summed E-state index contributed by atoms with van der Waals surface area (Å²) in [7, 11) is 0. The number of piperidine rings is 1. The van der Waals surface area contributed by atoms with Crippen molar-refractivity contribution >= 4 is 34.0 Å². The van der Waals surface area contributed by atoms with Gasteiger partial charge in [-0.05, 0) is 48.5 Å². The van der Waals surface area contributed by atoms with E-state index in [-0.39, 0.29) is 21.0 Å². The molecule has 5 nitrogen and oxygen atoms in total. The number of hydrogen-bond donors (Lipinski definition) is 1. The molecule has 2 rings (SSSR count). The molecular formula is C13H17FIN3O2. The monoisotopic (exact) mass is 393 g/mol. The second-order valence-corrected chi connectivity index (χ2v) is 6.08. The van der Waals surface area contributed by atoms with Crippen LogP contribution in [0.1, 0.15) is 19.8 Å². The SMILES string of the molecule is CCN1CCCC(Nc2cc(F)c(I)cc2[N+](=O)[O-])C1. The van der Waals surface area contributed by atoms with E-state index in [9.17, 15) is 14.5 Å². The summed E-state index contributed by atoms with van der Waals surface area (Å²) in [5.74, 6) is -0.429. The largest absolute Gasteiger partial charge is 0.375 e. The summed E-state index contributed by atoms with van der Waals surface area (Å²) in [5, 5.41) is 14.2. The van der Waals surface area contributed by atoms with Gasteiger partial charge in [-0.15, -0.1) is 0 Å². The van der Waals surface area contributed by atoms with Crippen molar-refractivity contribution in [1.29, 1.82) is 0 Å². The fourth-order valence-electron chi connectivity index (χ4n) is 2.48. The van der Waals surface area contributed by atoms with Crippen LogP contribution in [0.4, 0.5) is 15.8 Å². The molecule has 0 aliphatic carbocycles. The lowest BCUT2D eigenvalue weighted by molar-refractivity contribution is -0.384. The van der Waals surface area contributed by atoms with Crippen molar-refractivity contribution in [3.63, 3.8) is 0 Å². The molecule has 0 bridgehead atoms. The Morgan fingerprint density at radius 3 is 3.00 bits per heavy atom. The summed E-state index contributed by atoms with van der Waals surface area (Å²) >= 11 is 1.76. The van der Waals surface area contributed by atoms with E-state index in [2.05, 4.69) is 17.1 Å². The van der Waals surface area contributed by atoms with Gasteiger partial charge in [0, 0.05) is 24.7 Å². The van der Waals surface area contributed by atoms with E-state index in [1.165, 1.54) is 12.1 Å². The number of hydrogen-bond acceptors (Lipinski definition) is 4. The maximum Gasteiger partial charge on any atom is 0.293 e. The number of nitro groups is 1. The number of nitrogens with one attached hydrogen (secondary N) is 1. The van der Waals surface area contributed by atoms with Crippen LogP contribution in [0.2, 0.25) is 0 Å². The van der Waals surface area contributed by atoms with Crippen molar-refractivity contribution in [2.75, 3.05) is 25.0 Å². The third-order valence-corrected chi connectivity index (χ3v) is 4.37. The highest BCUT2D eigenvalue weighted by molar-refractivity contribution is 14.1. The zero-order chi connectivity index (χ0) is 14.7. The number of nitro benzene ring substituents is 1. The fourth-order valence-corrected chi connectivity index (χ4v) is 2.93. The van der Waals surface area contributed by atoms with Gasteiger partial charge >= 0.3 is 0 Å². The molecule has 0 amide bonds. The molecule has 0 radical (unpaired) electrons. The normalized spacial score (nSPS) is 19.9. The highest BCUT2D eigenvalue weighted by Gasteiger charge is 2.23. The van der Waals surface area contributed by atoms with E-state index in [1.54, 1.807) is 22.6 Å². The first-order valence-corrected chi connectivity index (χ1v) is 7.71. The number of halogens is 2. The number of nitrogens with zero attached hydrogens (tertiary/aromatic N) is 2. The van der Waals surface area contributed by atoms with E-state index in [4.69, 9.17) is 0 Å². The molecule has 1 unspecified atom stereocenters. The standard InChI is InChI=1S/C13H17FIN3O2/c1-2-17-5-3-4-9(8-17)16-12-6-10(14)11(15)7-13(12)18(19)20/h6-7,9,16H,2-5,8H2,1H3. The summed E-state index contributed by atoms with van der Waals surface area (Å²) in [6, 6.07) is 2.63. The zero-order valence-corrected chi connectivity index (χ0v) is 13.4. The number of anilines is 1. The second kappa shape index (κ2) is 6.66. The van der Waals surface area contributed by atoms with Crippen LogP contribution in [0, 0.1) is 19.5 Å². The van der Waals surface area contributed by atoms with Crippen LogP contribution in [0.3, 0.4) is 0 Å². The molecule has 1 heterocycles. The molecule has 1 saturated heterocycles. The first-order chi connectivity index (χ1) is 9.51. The zero-order valence-electron chi connectivity index (χ0n) is 11.2. The smallest absolute Gasteiger partial charge is 0.293 e. The van der Waals surface area contributed by atoms with E-state index >= 15 is 0 Å². The van der Waals surface area contributed by atoms with Gasteiger partial charge in [-0.1, -0.05) is 6.92 Å². The van der Waals surface area contributed by atoms with Crippen molar-refractivity contribution in [2.45, 2.75) is 25.8 Å². The topological polar surface area (TPSA) is 58.4 Å². The molecule has 0 aromatic heterocycles. The molecule has 110 valence electrons. The Hall–Kier alpha value is -0.960. The lowest BCUT2D eigenvalue weighted by Gasteiger charge is -2.32. The Bertz CT molecular complexity index is 513. The number of benzene rings is 1. The van der Waals surface area contributed by atoms with Crippen molar-refractivity contribution in [1.82, 2.24) is 4.90 Å². The van der Waals surface area contributed by atoms with Crippen LogP contribution in [-0.4, -0.2) is 35.5 Å². The molecular weight excluding hydrogens is 376 g/mol. The Labute approximate surface area is 130 Å². The summed E-state index contributed by atoms with van der Waals surface area (Å²) in [6.45, 7) is 4.94. The maximum atomic E-state index is 13.6. The quantitative estimate of drug-likeness (QED) is 0.485. The Morgan fingerprint density at radius 2 is 2.35 bits per heavy atom. The fraction of sp³-hybridized carbons (Fsp3) is 0.538. The van der Waals surface area contributed by atoms with Gasteiger partial charge in [-0.25, -0.2) is 4.39 Å². The van der Waals surface area contributed by atoms with Gasteiger partial charge in [-0.2, -0.15) is 0 Å². The van der Waals surface area contributed by atoms with E-state index in [0.29, 0.717) is 0 Å². The molecule has 1 aliphatic heterocycles. The van der Waals surface area contributed by atoms with Crippen LogP contribution >= 0.6 is 22.6 Å².